The molecular weight excluding hydrogens is 278 g/mol. The van der Waals surface area contributed by atoms with Crippen LogP contribution < -0.4 is 10.6 Å². The minimum atomic E-state index is 0.331. The molecule has 0 spiro atoms. The van der Waals surface area contributed by atoms with E-state index in [1.165, 1.54) is 37.0 Å². The first-order valence-corrected chi connectivity index (χ1v) is 9.19. The second kappa shape index (κ2) is 8.32. The van der Waals surface area contributed by atoms with Crippen LogP contribution in [-0.4, -0.2) is 38.1 Å². The zero-order chi connectivity index (χ0) is 15.0. The van der Waals surface area contributed by atoms with Gasteiger partial charge in [-0.25, -0.2) is 0 Å². The van der Waals surface area contributed by atoms with Crippen molar-refractivity contribution in [3.05, 3.63) is 35.9 Å². The molecule has 0 radical (unpaired) electrons. The van der Waals surface area contributed by atoms with Gasteiger partial charge in [0.2, 0.25) is 0 Å². The van der Waals surface area contributed by atoms with Crippen LogP contribution in [0.25, 0.3) is 0 Å². The molecule has 1 aromatic carbocycles. The third kappa shape index (κ3) is 4.95. The van der Waals surface area contributed by atoms with Crippen molar-refractivity contribution in [1.29, 1.82) is 0 Å². The summed E-state index contributed by atoms with van der Waals surface area (Å²) in [6.45, 7) is 1.97. The standard InChI is InChI=1S/C17H27N3S/c1-18-16(19-12-6-7-13-21-2)20-14-17(10-11-17)15-8-4-3-5-9-15/h3-5,8-9H,6-7,10-14H2,1-2H3,(H2,18,19,20). The van der Waals surface area contributed by atoms with E-state index in [-0.39, 0.29) is 0 Å². The lowest BCUT2D eigenvalue weighted by Gasteiger charge is -2.19. The lowest BCUT2D eigenvalue weighted by atomic mass is 9.96. The van der Waals surface area contributed by atoms with Crippen molar-refractivity contribution in [1.82, 2.24) is 10.6 Å². The molecule has 1 fully saturated rings. The quantitative estimate of drug-likeness (QED) is 0.440. The van der Waals surface area contributed by atoms with Crippen LogP contribution in [0.5, 0.6) is 0 Å². The Labute approximate surface area is 133 Å². The fourth-order valence-corrected chi connectivity index (χ4v) is 3.05. The Kier molecular flexibility index (Phi) is 6.43. The molecule has 0 atom stereocenters. The molecule has 1 aromatic rings. The van der Waals surface area contributed by atoms with Gasteiger partial charge in [-0.3, -0.25) is 4.99 Å². The Bertz CT molecular complexity index is 441. The molecule has 0 unspecified atom stereocenters. The highest BCUT2D eigenvalue weighted by Gasteiger charge is 2.43. The van der Waals surface area contributed by atoms with Crippen LogP contribution in [0.2, 0.25) is 0 Å². The number of hydrogen-bond donors (Lipinski definition) is 2. The van der Waals surface area contributed by atoms with Crippen molar-refractivity contribution in [3.63, 3.8) is 0 Å². The summed E-state index contributed by atoms with van der Waals surface area (Å²) < 4.78 is 0. The number of benzene rings is 1. The van der Waals surface area contributed by atoms with E-state index in [0.717, 1.165) is 19.0 Å². The van der Waals surface area contributed by atoms with Crippen molar-refractivity contribution in [2.75, 3.05) is 32.1 Å². The van der Waals surface area contributed by atoms with Crippen molar-refractivity contribution in [2.24, 2.45) is 4.99 Å². The summed E-state index contributed by atoms with van der Waals surface area (Å²) >= 11 is 1.91. The molecule has 0 aromatic heterocycles. The number of nitrogens with one attached hydrogen (secondary N) is 2. The lowest BCUT2D eigenvalue weighted by Crippen LogP contribution is -2.41. The monoisotopic (exact) mass is 305 g/mol. The van der Waals surface area contributed by atoms with Crippen LogP contribution in [0, 0.1) is 0 Å². The molecule has 1 saturated carbocycles. The maximum atomic E-state index is 4.32. The predicted octanol–water partition coefficient (Wildman–Crippen LogP) is 3.03. The first-order valence-electron chi connectivity index (χ1n) is 7.80. The van der Waals surface area contributed by atoms with Crippen LogP contribution in [0.3, 0.4) is 0 Å². The average molecular weight is 305 g/mol. The molecule has 116 valence electrons. The summed E-state index contributed by atoms with van der Waals surface area (Å²) in [5, 5.41) is 6.91. The third-order valence-electron chi connectivity index (χ3n) is 4.13. The first-order chi connectivity index (χ1) is 10.3. The van der Waals surface area contributed by atoms with Gasteiger partial charge in [-0.05, 0) is 43.3 Å². The third-order valence-corrected chi connectivity index (χ3v) is 4.82. The molecule has 0 heterocycles. The molecule has 0 amide bonds. The van der Waals surface area contributed by atoms with Crippen LogP contribution in [-0.2, 0) is 5.41 Å². The lowest BCUT2D eigenvalue weighted by molar-refractivity contribution is 0.641. The Morgan fingerprint density at radius 3 is 2.57 bits per heavy atom. The van der Waals surface area contributed by atoms with E-state index < -0.39 is 0 Å². The second-order valence-electron chi connectivity index (χ2n) is 5.70. The molecule has 1 aliphatic rings. The largest absolute Gasteiger partial charge is 0.356 e. The maximum absolute atomic E-state index is 4.32. The van der Waals surface area contributed by atoms with E-state index in [2.05, 4.69) is 52.2 Å². The summed E-state index contributed by atoms with van der Waals surface area (Å²) in [5.41, 5.74) is 1.78. The van der Waals surface area contributed by atoms with Gasteiger partial charge in [-0.1, -0.05) is 30.3 Å². The number of nitrogens with zero attached hydrogens (tertiary/aromatic N) is 1. The summed E-state index contributed by atoms with van der Waals surface area (Å²) in [7, 11) is 1.85. The Morgan fingerprint density at radius 1 is 1.19 bits per heavy atom. The molecule has 21 heavy (non-hydrogen) atoms. The summed E-state index contributed by atoms with van der Waals surface area (Å²) in [6.07, 6.45) is 7.17. The molecule has 0 bridgehead atoms. The number of aliphatic imine (C=N–C) groups is 1. The van der Waals surface area contributed by atoms with Gasteiger partial charge in [-0.15, -0.1) is 0 Å². The van der Waals surface area contributed by atoms with Crippen LogP contribution >= 0.6 is 11.8 Å². The molecular formula is C17H27N3S. The predicted molar refractivity (Wildman–Crippen MR) is 94.3 cm³/mol. The van der Waals surface area contributed by atoms with Gasteiger partial charge in [0.15, 0.2) is 5.96 Å². The van der Waals surface area contributed by atoms with Gasteiger partial charge in [0, 0.05) is 25.6 Å². The van der Waals surface area contributed by atoms with Gasteiger partial charge in [0.05, 0.1) is 0 Å². The van der Waals surface area contributed by atoms with Gasteiger partial charge in [-0.2, -0.15) is 11.8 Å². The Hall–Kier alpha value is -1.16. The average Bonchev–Trinajstić information content (AvgIpc) is 3.32. The summed E-state index contributed by atoms with van der Waals surface area (Å²) in [6, 6.07) is 10.8. The smallest absolute Gasteiger partial charge is 0.191 e. The van der Waals surface area contributed by atoms with E-state index in [0.29, 0.717) is 5.41 Å². The van der Waals surface area contributed by atoms with Gasteiger partial charge < -0.3 is 10.6 Å². The normalized spacial score (nSPS) is 16.6. The van der Waals surface area contributed by atoms with Crippen LogP contribution in [0.15, 0.2) is 35.3 Å². The molecule has 3 nitrogen and oxygen atoms in total. The Morgan fingerprint density at radius 2 is 1.95 bits per heavy atom. The second-order valence-corrected chi connectivity index (χ2v) is 6.68. The topological polar surface area (TPSA) is 36.4 Å². The SMILES string of the molecule is CN=C(NCCCCSC)NCC1(c2ccccc2)CC1. The molecule has 1 aliphatic carbocycles. The van der Waals surface area contributed by atoms with Crippen LogP contribution in [0.1, 0.15) is 31.2 Å². The number of thioether (sulfide) groups is 1. The number of rotatable bonds is 8. The molecule has 4 heteroatoms. The minimum absolute atomic E-state index is 0.331. The molecule has 0 aliphatic heterocycles. The van der Waals surface area contributed by atoms with E-state index in [9.17, 15) is 0 Å². The van der Waals surface area contributed by atoms with E-state index >= 15 is 0 Å². The van der Waals surface area contributed by atoms with Crippen molar-refractivity contribution in [2.45, 2.75) is 31.1 Å². The summed E-state index contributed by atoms with van der Waals surface area (Å²) in [4.78, 5) is 4.32. The molecule has 0 saturated heterocycles. The first kappa shape index (κ1) is 16.2. The van der Waals surface area contributed by atoms with Gasteiger partial charge in [0.1, 0.15) is 0 Å². The maximum Gasteiger partial charge on any atom is 0.191 e. The van der Waals surface area contributed by atoms with E-state index in [1.807, 2.05) is 18.8 Å². The zero-order valence-corrected chi connectivity index (χ0v) is 14.0. The highest BCUT2D eigenvalue weighted by Crippen LogP contribution is 2.47. The summed E-state index contributed by atoms with van der Waals surface area (Å²) in [5.74, 6) is 2.17. The van der Waals surface area contributed by atoms with Crippen molar-refractivity contribution < 1.29 is 0 Å². The Balaban J connectivity index is 1.74. The molecule has 2 N–H and O–H groups in total. The van der Waals surface area contributed by atoms with E-state index in [1.54, 1.807) is 0 Å². The fraction of sp³-hybridized carbons (Fsp3) is 0.588. The van der Waals surface area contributed by atoms with Gasteiger partial charge >= 0.3 is 0 Å². The number of hydrogen-bond acceptors (Lipinski definition) is 2. The van der Waals surface area contributed by atoms with Crippen molar-refractivity contribution in [3.8, 4) is 0 Å². The number of guanidine groups is 1. The number of unbranched alkanes of at least 4 members (excludes halogenated alkanes) is 1. The van der Waals surface area contributed by atoms with Crippen LogP contribution in [0.4, 0.5) is 0 Å². The van der Waals surface area contributed by atoms with E-state index in [4.69, 9.17) is 0 Å². The molecule has 2 rings (SSSR count). The van der Waals surface area contributed by atoms with Gasteiger partial charge in [0.25, 0.3) is 0 Å². The zero-order valence-electron chi connectivity index (χ0n) is 13.2. The highest BCUT2D eigenvalue weighted by atomic mass is 32.2. The highest BCUT2D eigenvalue weighted by molar-refractivity contribution is 7.98. The fourth-order valence-electron chi connectivity index (χ4n) is 2.56. The minimum Gasteiger partial charge on any atom is -0.356 e. The van der Waals surface area contributed by atoms with Crippen molar-refractivity contribution >= 4 is 17.7 Å².